The third kappa shape index (κ3) is 3.02. The van der Waals surface area contributed by atoms with Gasteiger partial charge in [0.05, 0.1) is 45.5 Å². The summed E-state index contributed by atoms with van der Waals surface area (Å²) in [5.74, 6) is -1.01. The molecule has 1 atom stereocenters. The summed E-state index contributed by atoms with van der Waals surface area (Å²) in [7, 11) is 0. The van der Waals surface area contributed by atoms with E-state index in [-0.39, 0.29) is 22.4 Å². The number of nitrogens with zero attached hydrogens (tertiary/aromatic N) is 7. The van der Waals surface area contributed by atoms with Crippen molar-refractivity contribution in [1.82, 2.24) is 9.97 Å². The number of anilines is 1. The summed E-state index contributed by atoms with van der Waals surface area (Å²) in [5, 5.41) is 41.8. The highest BCUT2D eigenvalue weighted by Gasteiger charge is 2.39. The van der Waals surface area contributed by atoms with E-state index < -0.39 is 17.7 Å². The molecule has 2 heterocycles. The van der Waals surface area contributed by atoms with E-state index in [1.54, 1.807) is 12.1 Å². The second-order valence-corrected chi connectivity index (χ2v) is 9.22. The van der Waals surface area contributed by atoms with E-state index in [2.05, 4.69) is 5.32 Å². The molecule has 4 aromatic rings. The molecular weight excluding hydrogens is 510 g/mol. The number of hydrogen-bond donors (Lipinski definition) is 1. The van der Waals surface area contributed by atoms with Crippen molar-refractivity contribution < 1.29 is 8.78 Å². The maximum atomic E-state index is 14.2. The molecule has 3 aromatic carbocycles. The van der Waals surface area contributed by atoms with Gasteiger partial charge in [0.25, 0.3) is 0 Å². The Balaban J connectivity index is 1.47. The van der Waals surface area contributed by atoms with E-state index in [1.807, 2.05) is 24.3 Å². The fourth-order valence-corrected chi connectivity index (χ4v) is 5.50. The van der Waals surface area contributed by atoms with E-state index in [4.69, 9.17) is 15.0 Å². The molecule has 1 N–H and O–H groups in total. The van der Waals surface area contributed by atoms with Crippen LogP contribution in [-0.4, -0.2) is 21.7 Å². The molecule has 1 aromatic heterocycles. The molecule has 3 aliphatic rings. The highest BCUT2D eigenvalue weighted by molar-refractivity contribution is 6.24. The molecule has 0 fully saturated rings. The normalized spacial score (nSPS) is 15.2. The zero-order valence-electron chi connectivity index (χ0n) is 20.1. The monoisotopic (exact) mass is 520 g/mol. The Hall–Kier alpha value is -6.23. The lowest BCUT2D eigenvalue weighted by molar-refractivity contribution is 0.627. The summed E-state index contributed by atoms with van der Waals surface area (Å²) < 4.78 is 28.4. The van der Waals surface area contributed by atoms with Crippen molar-refractivity contribution in [2.24, 2.45) is 4.99 Å². The number of rotatable bonds is 0. The number of fused-ring (bicyclic) bond motifs is 8. The minimum atomic E-state index is -0.662. The molecule has 7 rings (SSSR count). The van der Waals surface area contributed by atoms with Crippen molar-refractivity contribution >= 4 is 39.3 Å². The van der Waals surface area contributed by atoms with Gasteiger partial charge in [-0.2, -0.15) is 21.0 Å². The van der Waals surface area contributed by atoms with Crippen LogP contribution in [0.15, 0.2) is 64.7 Å². The first-order valence-corrected chi connectivity index (χ1v) is 11.9. The van der Waals surface area contributed by atoms with Gasteiger partial charge in [0.2, 0.25) is 0 Å². The van der Waals surface area contributed by atoms with Crippen LogP contribution in [0.25, 0.3) is 33.4 Å². The topological polar surface area (TPSA) is 145 Å². The van der Waals surface area contributed by atoms with Crippen molar-refractivity contribution in [2.45, 2.75) is 6.04 Å². The number of nitrogens with one attached hydrogen (secondary N) is 1. The first-order valence-electron chi connectivity index (χ1n) is 11.9. The molecule has 1 unspecified atom stereocenters. The number of halogens is 2. The fourth-order valence-electron chi connectivity index (χ4n) is 5.50. The van der Waals surface area contributed by atoms with Gasteiger partial charge in [0, 0.05) is 22.3 Å². The average molecular weight is 520 g/mol. The van der Waals surface area contributed by atoms with Gasteiger partial charge in [-0.05, 0) is 53.6 Å². The van der Waals surface area contributed by atoms with Gasteiger partial charge in [-0.25, -0.2) is 23.7 Å². The number of benzene rings is 3. The maximum Gasteiger partial charge on any atom is 0.139 e. The predicted octanol–water partition coefficient (Wildman–Crippen LogP) is 5.47. The lowest BCUT2D eigenvalue weighted by Crippen LogP contribution is -2.29. The minimum absolute atomic E-state index is 0.105. The SMILES string of the molecule is N#CC(C#N)=C1c2cc(F)ccc2-c2nc3cc4c(cc3nc21)N=C1c2cc(F)ccc2C(=C(C#N)C#N)C1N4. The second kappa shape index (κ2) is 8.13. The van der Waals surface area contributed by atoms with Crippen molar-refractivity contribution in [3.05, 3.63) is 93.7 Å². The van der Waals surface area contributed by atoms with E-state index in [1.165, 1.54) is 36.4 Å². The van der Waals surface area contributed by atoms with Crippen LogP contribution >= 0.6 is 0 Å². The van der Waals surface area contributed by atoms with Crippen LogP contribution in [-0.2, 0) is 0 Å². The van der Waals surface area contributed by atoms with Gasteiger partial charge in [-0.1, -0.05) is 6.07 Å². The molecule has 0 bridgehead atoms. The fraction of sp³-hybridized carbons (Fsp3) is 0.0333. The Morgan fingerprint density at radius 1 is 0.700 bits per heavy atom. The lowest BCUT2D eigenvalue weighted by Gasteiger charge is -2.24. The standard InChI is InChI=1S/C30H10F2N8/c31-15-2-4-18-19(5-15)26(14(11-35)12-36)30-27(18)37-21-7-24-22(8-23(21)40-30)38-28-20-6-16(32)1-3-17(20)25(29(28)39-24)13(9-33)10-34/h1-8,29,39H. The maximum absolute atomic E-state index is 14.2. The lowest BCUT2D eigenvalue weighted by atomic mass is 9.99. The number of nitriles is 4. The Morgan fingerprint density at radius 2 is 1.32 bits per heavy atom. The third-order valence-electron chi connectivity index (χ3n) is 7.14. The molecule has 184 valence electrons. The summed E-state index contributed by atoms with van der Waals surface area (Å²) in [6.07, 6.45) is 0. The summed E-state index contributed by atoms with van der Waals surface area (Å²) >= 11 is 0. The van der Waals surface area contributed by atoms with Crippen molar-refractivity contribution in [2.75, 3.05) is 5.32 Å². The van der Waals surface area contributed by atoms with Crippen LogP contribution in [0.3, 0.4) is 0 Å². The van der Waals surface area contributed by atoms with Crippen LogP contribution in [0.2, 0.25) is 0 Å². The Bertz CT molecular complexity index is 2130. The largest absolute Gasteiger partial charge is 0.371 e. The third-order valence-corrected chi connectivity index (χ3v) is 7.14. The zero-order chi connectivity index (χ0) is 27.7. The molecule has 0 amide bonds. The quantitative estimate of drug-likeness (QED) is 0.267. The predicted molar refractivity (Wildman–Crippen MR) is 140 cm³/mol. The Kier molecular flexibility index (Phi) is 4.66. The number of allylic oxidation sites excluding steroid dienone is 2. The van der Waals surface area contributed by atoms with Crippen LogP contribution in [0.4, 0.5) is 20.2 Å². The second-order valence-electron chi connectivity index (χ2n) is 9.22. The Labute approximate surface area is 224 Å². The molecule has 2 aliphatic carbocycles. The molecule has 40 heavy (non-hydrogen) atoms. The number of hydrogen-bond acceptors (Lipinski definition) is 8. The summed E-state index contributed by atoms with van der Waals surface area (Å²) in [5.41, 5.74) is 5.25. The summed E-state index contributed by atoms with van der Waals surface area (Å²) in [4.78, 5) is 14.3. The van der Waals surface area contributed by atoms with Gasteiger partial charge in [0.1, 0.15) is 47.1 Å². The van der Waals surface area contributed by atoms with Gasteiger partial charge < -0.3 is 5.32 Å². The van der Waals surface area contributed by atoms with Crippen LogP contribution in [0.5, 0.6) is 0 Å². The van der Waals surface area contributed by atoms with Crippen LogP contribution in [0.1, 0.15) is 22.4 Å². The van der Waals surface area contributed by atoms with E-state index in [9.17, 15) is 29.8 Å². The molecular formula is C30H10F2N8. The van der Waals surface area contributed by atoms with E-state index in [0.29, 0.717) is 61.6 Å². The minimum Gasteiger partial charge on any atom is -0.371 e. The summed E-state index contributed by atoms with van der Waals surface area (Å²) in [6, 6.07) is 18.5. The molecule has 1 aliphatic heterocycles. The highest BCUT2D eigenvalue weighted by atomic mass is 19.1. The molecule has 0 saturated heterocycles. The zero-order valence-corrected chi connectivity index (χ0v) is 20.1. The highest BCUT2D eigenvalue weighted by Crippen LogP contribution is 2.47. The average Bonchev–Trinajstić information content (AvgIpc) is 3.42. The number of aliphatic imine (C=N–C) groups is 1. The van der Waals surface area contributed by atoms with Gasteiger partial charge >= 0.3 is 0 Å². The Morgan fingerprint density at radius 3 is 2.02 bits per heavy atom. The first-order chi connectivity index (χ1) is 19.4. The number of aromatic nitrogens is 2. The molecule has 0 saturated carbocycles. The van der Waals surface area contributed by atoms with E-state index >= 15 is 0 Å². The summed E-state index contributed by atoms with van der Waals surface area (Å²) in [6.45, 7) is 0. The molecule has 0 radical (unpaired) electrons. The van der Waals surface area contributed by atoms with E-state index in [0.717, 1.165) is 0 Å². The molecule has 8 nitrogen and oxygen atoms in total. The van der Waals surface area contributed by atoms with Crippen molar-refractivity contribution in [1.29, 1.82) is 21.0 Å². The van der Waals surface area contributed by atoms with Crippen LogP contribution < -0.4 is 5.32 Å². The smallest absolute Gasteiger partial charge is 0.139 e. The van der Waals surface area contributed by atoms with Gasteiger partial charge in [-0.15, -0.1) is 0 Å². The first kappa shape index (κ1) is 22.9. The van der Waals surface area contributed by atoms with Crippen molar-refractivity contribution in [3.8, 4) is 35.5 Å². The molecule has 0 spiro atoms. The van der Waals surface area contributed by atoms with Crippen LogP contribution in [0, 0.1) is 57.0 Å². The van der Waals surface area contributed by atoms with Gasteiger partial charge in [0.15, 0.2) is 0 Å². The van der Waals surface area contributed by atoms with Crippen molar-refractivity contribution in [3.63, 3.8) is 0 Å². The molecule has 10 heteroatoms. The van der Waals surface area contributed by atoms with Gasteiger partial charge in [-0.3, -0.25) is 0 Å².